The van der Waals surface area contributed by atoms with Crippen molar-refractivity contribution in [3.05, 3.63) is 58.5 Å². The van der Waals surface area contributed by atoms with E-state index < -0.39 is 12.1 Å². The molecule has 1 fully saturated rings. The Kier molecular flexibility index (Phi) is 6.23. The Hall–Kier alpha value is -3.26. The number of amidine groups is 1. The topological polar surface area (TPSA) is 108 Å². The lowest BCUT2D eigenvalue weighted by Crippen LogP contribution is -2.26. The summed E-state index contributed by atoms with van der Waals surface area (Å²) in [5.41, 5.74) is 1.89. The van der Waals surface area contributed by atoms with Crippen molar-refractivity contribution < 1.29 is 24.5 Å². The summed E-state index contributed by atoms with van der Waals surface area (Å²) < 4.78 is 5.60. The molecule has 7 nitrogen and oxygen atoms in total. The van der Waals surface area contributed by atoms with E-state index in [2.05, 4.69) is 10.3 Å². The predicted octanol–water partition coefficient (Wildman–Crippen LogP) is 3.83. The van der Waals surface area contributed by atoms with Crippen molar-refractivity contribution in [2.24, 2.45) is 4.99 Å². The van der Waals surface area contributed by atoms with E-state index in [4.69, 9.17) is 4.74 Å². The van der Waals surface area contributed by atoms with E-state index in [1.54, 1.807) is 55.5 Å². The summed E-state index contributed by atoms with van der Waals surface area (Å²) in [5, 5.41) is 22.2. The highest BCUT2D eigenvalue weighted by atomic mass is 32.2. The number of phenols is 1. The molecule has 1 amide bonds. The fourth-order valence-corrected chi connectivity index (χ4v) is 3.45. The molecule has 1 atom stereocenters. The summed E-state index contributed by atoms with van der Waals surface area (Å²) in [6, 6.07) is 12.0. The molecule has 1 unspecified atom stereocenters. The molecular weight excluding hydrogens is 392 g/mol. The van der Waals surface area contributed by atoms with Gasteiger partial charge >= 0.3 is 5.97 Å². The zero-order valence-electron chi connectivity index (χ0n) is 15.9. The van der Waals surface area contributed by atoms with Crippen molar-refractivity contribution in [3.63, 3.8) is 0 Å². The van der Waals surface area contributed by atoms with E-state index in [1.165, 1.54) is 0 Å². The molecular formula is C21H20N2O5S. The van der Waals surface area contributed by atoms with Crippen molar-refractivity contribution in [2.45, 2.75) is 26.4 Å². The van der Waals surface area contributed by atoms with Crippen LogP contribution < -0.4 is 10.1 Å². The quantitative estimate of drug-likeness (QED) is 0.622. The van der Waals surface area contributed by atoms with Crippen LogP contribution in [-0.2, 0) is 9.59 Å². The maximum atomic E-state index is 12.4. The monoisotopic (exact) mass is 412 g/mol. The van der Waals surface area contributed by atoms with E-state index >= 15 is 0 Å². The number of ether oxygens (including phenoxy) is 1. The van der Waals surface area contributed by atoms with Gasteiger partial charge in [0.05, 0.1) is 4.91 Å². The van der Waals surface area contributed by atoms with Crippen LogP contribution in [0.4, 0.5) is 5.69 Å². The maximum absolute atomic E-state index is 12.4. The van der Waals surface area contributed by atoms with Crippen molar-refractivity contribution in [1.82, 2.24) is 5.32 Å². The minimum atomic E-state index is -1.05. The normalized spacial score (nSPS) is 17.4. The molecule has 0 saturated carbocycles. The first kappa shape index (κ1) is 20.5. The summed E-state index contributed by atoms with van der Waals surface area (Å²) in [6.45, 7) is 3.61. The molecule has 1 heterocycles. The van der Waals surface area contributed by atoms with Crippen LogP contribution in [0, 0.1) is 6.92 Å². The molecule has 0 spiro atoms. The average molecular weight is 412 g/mol. The van der Waals surface area contributed by atoms with Gasteiger partial charge in [0, 0.05) is 5.56 Å². The number of amides is 1. The second-order valence-electron chi connectivity index (χ2n) is 6.36. The molecule has 150 valence electrons. The number of aryl methyl sites for hydroxylation is 1. The standard InChI is InChI=1S/C21H20N2O5S/c1-3-16(20(26)27)28-17-7-5-4-6-13(17)11-18-19(25)23-21(29-18)22-14-10-12(2)8-9-15(14)24/h4-11,16,24H,3H2,1-2H3,(H,26,27)(H,22,23,25)/b18-11+. The Morgan fingerprint density at radius 3 is 2.79 bits per heavy atom. The number of aliphatic imine (C=N–C) groups is 1. The van der Waals surface area contributed by atoms with Crippen LogP contribution in [0.1, 0.15) is 24.5 Å². The molecule has 1 saturated heterocycles. The highest BCUT2D eigenvalue weighted by molar-refractivity contribution is 8.18. The number of rotatable bonds is 6. The Balaban J connectivity index is 1.87. The number of carboxylic acid groups (broad SMARTS) is 1. The molecule has 2 aromatic rings. The van der Waals surface area contributed by atoms with Gasteiger partial charge in [-0.25, -0.2) is 9.79 Å². The van der Waals surface area contributed by atoms with Crippen molar-refractivity contribution in [3.8, 4) is 11.5 Å². The molecule has 3 rings (SSSR count). The third kappa shape index (κ3) is 4.97. The lowest BCUT2D eigenvalue weighted by molar-refractivity contribution is -0.145. The minimum absolute atomic E-state index is 0.0217. The van der Waals surface area contributed by atoms with Gasteiger partial charge in [0.15, 0.2) is 11.3 Å². The van der Waals surface area contributed by atoms with Gasteiger partial charge in [0.1, 0.15) is 17.2 Å². The number of nitrogens with zero attached hydrogens (tertiary/aromatic N) is 1. The van der Waals surface area contributed by atoms with Crippen LogP contribution >= 0.6 is 11.8 Å². The van der Waals surface area contributed by atoms with Gasteiger partial charge in [-0.15, -0.1) is 0 Å². The molecule has 1 aliphatic heterocycles. The number of hydrogen-bond acceptors (Lipinski definition) is 6. The van der Waals surface area contributed by atoms with Gasteiger partial charge in [0.2, 0.25) is 0 Å². The number of aromatic hydroxyl groups is 1. The number of aliphatic carboxylic acids is 1. The number of para-hydroxylation sites is 1. The molecule has 3 N–H and O–H groups in total. The highest BCUT2D eigenvalue weighted by Crippen LogP contribution is 2.33. The van der Waals surface area contributed by atoms with Crippen LogP contribution in [0.25, 0.3) is 6.08 Å². The first-order chi connectivity index (χ1) is 13.9. The first-order valence-corrected chi connectivity index (χ1v) is 9.76. The molecule has 8 heteroatoms. The van der Waals surface area contributed by atoms with Crippen molar-refractivity contribution in [1.29, 1.82) is 0 Å². The number of benzene rings is 2. The third-order valence-electron chi connectivity index (χ3n) is 4.12. The van der Waals surface area contributed by atoms with Crippen LogP contribution in [0.15, 0.2) is 52.4 Å². The van der Waals surface area contributed by atoms with Gasteiger partial charge in [-0.3, -0.25) is 4.79 Å². The first-order valence-electron chi connectivity index (χ1n) is 8.95. The maximum Gasteiger partial charge on any atom is 0.344 e. The Morgan fingerprint density at radius 1 is 1.31 bits per heavy atom. The Labute approximate surface area is 172 Å². The van der Waals surface area contributed by atoms with Gasteiger partial charge in [-0.2, -0.15) is 0 Å². The van der Waals surface area contributed by atoms with Gasteiger partial charge in [0.25, 0.3) is 5.91 Å². The lowest BCUT2D eigenvalue weighted by atomic mass is 10.1. The molecule has 0 aromatic heterocycles. The second kappa shape index (κ2) is 8.83. The summed E-state index contributed by atoms with van der Waals surface area (Å²) >= 11 is 1.13. The summed E-state index contributed by atoms with van der Waals surface area (Å²) in [4.78, 5) is 28.3. The van der Waals surface area contributed by atoms with Crippen LogP contribution in [0.5, 0.6) is 11.5 Å². The fraction of sp³-hybridized carbons (Fsp3) is 0.190. The molecule has 0 aliphatic carbocycles. The number of carbonyl (C=O) groups is 2. The van der Waals surface area contributed by atoms with Gasteiger partial charge < -0.3 is 20.3 Å². The molecule has 0 radical (unpaired) electrons. The predicted molar refractivity (Wildman–Crippen MR) is 112 cm³/mol. The Bertz CT molecular complexity index is 1020. The number of carboxylic acids is 1. The van der Waals surface area contributed by atoms with E-state index in [0.717, 1.165) is 17.3 Å². The van der Waals surface area contributed by atoms with Crippen LogP contribution in [0.2, 0.25) is 0 Å². The molecule has 0 bridgehead atoms. The zero-order valence-corrected chi connectivity index (χ0v) is 16.7. The van der Waals surface area contributed by atoms with Crippen molar-refractivity contribution in [2.75, 3.05) is 0 Å². The summed E-state index contributed by atoms with van der Waals surface area (Å²) in [7, 11) is 0. The smallest absolute Gasteiger partial charge is 0.344 e. The highest BCUT2D eigenvalue weighted by Gasteiger charge is 2.25. The molecule has 1 aliphatic rings. The van der Waals surface area contributed by atoms with E-state index in [-0.39, 0.29) is 11.7 Å². The summed E-state index contributed by atoms with van der Waals surface area (Å²) in [5.74, 6) is -0.978. The Morgan fingerprint density at radius 2 is 2.07 bits per heavy atom. The van der Waals surface area contributed by atoms with Crippen LogP contribution in [-0.4, -0.2) is 33.4 Å². The SMILES string of the molecule is CCC(Oc1ccccc1/C=C1/SC(=Nc2cc(C)ccc2O)NC1=O)C(=O)O. The molecule has 29 heavy (non-hydrogen) atoms. The second-order valence-corrected chi connectivity index (χ2v) is 7.40. The van der Waals surface area contributed by atoms with Gasteiger partial charge in [-0.1, -0.05) is 31.2 Å². The summed E-state index contributed by atoms with van der Waals surface area (Å²) in [6.07, 6.45) is 0.968. The zero-order chi connectivity index (χ0) is 21.0. The number of phenolic OH excluding ortho intramolecular Hbond substituents is 1. The fourth-order valence-electron chi connectivity index (χ4n) is 2.62. The lowest BCUT2D eigenvalue weighted by Gasteiger charge is -2.15. The van der Waals surface area contributed by atoms with Gasteiger partial charge in [-0.05, 0) is 54.9 Å². The number of nitrogens with one attached hydrogen (secondary N) is 1. The number of thioether (sulfide) groups is 1. The van der Waals surface area contributed by atoms with Crippen LogP contribution in [0.3, 0.4) is 0 Å². The van der Waals surface area contributed by atoms with E-state index in [0.29, 0.717) is 33.5 Å². The largest absolute Gasteiger partial charge is 0.506 e. The average Bonchev–Trinajstić information content (AvgIpc) is 3.02. The third-order valence-corrected chi connectivity index (χ3v) is 5.03. The van der Waals surface area contributed by atoms with E-state index in [1.807, 2.05) is 6.92 Å². The number of carbonyl (C=O) groups excluding carboxylic acids is 1. The number of hydrogen-bond donors (Lipinski definition) is 3. The van der Waals surface area contributed by atoms with Crippen molar-refractivity contribution >= 4 is 40.6 Å². The van der Waals surface area contributed by atoms with E-state index in [9.17, 15) is 19.8 Å². The minimum Gasteiger partial charge on any atom is -0.506 e. The molecule has 2 aromatic carbocycles.